The van der Waals surface area contributed by atoms with Gasteiger partial charge in [-0.25, -0.2) is 8.42 Å². The van der Waals surface area contributed by atoms with Gasteiger partial charge in [-0.1, -0.05) is 0 Å². The summed E-state index contributed by atoms with van der Waals surface area (Å²) in [6, 6.07) is 5.27. The first kappa shape index (κ1) is 15.2. The van der Waals surface area contributed by atoms with Gasteiger partial charge in [0.25, 0.3) is 0 Å². The van der Waals surface area contributed by atoms with Gasteiger partial charge >= 0.3 is 0 Å². The van der Waals surface area contributed by atoms with E-state index in [1.54, 1.807) is 24.5 Å². The maximum atomic E-state index is 12.9. The molecule has 2 heterocycles. The monoisotopic (exact) mass is 390 g/mol. The molecule has 3 rings (SSSR count). The zero-order valence-corrected chi connectivity index (χ0v) is 14.4. The van der Waals surface area contributed by atoms with E-state index in [1.807, 2.05) is 0 Å². The van der Waals surface area contributed by atoms with Crippen molar-refractivity contribution in [2.75, 3.05) is 0 Å². The number of sulfonamides is 1. The van der Waals surface area contributed by atoms with Gasteiger partial charge < -0.3 is 10.2 Å². The smallest absolute Gasteiger partial charge is 0.245 e. The van der Waals surface area contributed by atoms with Gasteiger partial charge in [0.15, 0.2) is 0 Å². The van der Waals surface area contributed by atoms with E-state index < -0.39 is 10.0 Å². The molecule has 2 aromatic rings. The average Bonchev–Trinajstić information content (AvgIpc) is 2.99. The summed E-state index contributed by atoms with van der Waals surface area (Å²) in [5.74, 6) is 0.649. The van der Waals surface area contributed by atoms with Crippen LogP contribution >= 0.6 is 27.3 Å². The number of furan rings is 1. The van der Waals surface area contributed by atoms with Crippen molar-refractivity contribution in [3.63, 3.8) is 0 Å². The van der Waals surface area contributed by atoms with Gasteiger partial charge in [-0.05, 0) is 47.0 Å². The highest BCUT2D eigenvalue weighted by Crippen LogP contribution is 2.38. The largest absolute Gasteiger partial charge is 0.468 e. The predicted molar refractivity (Wildman–Crippen MR) is 84.4 cm³/mol. The minimum atomic E-state index is -3.55. The Balaban J connectivity index is 1.95. The van der Waals surface area contributed by atoms with Crippen molar-refractivity contribution < 1.29 is 12.8 Å². The minimum Gasteiger partial charge on any atom is -0.468 e. The Labute approximate surface area is 135 Å². The van der Waals surface area contributed by atoms with Gasteiger partial charge in [0.1, 0.15) is 10.7 Å². The molecule has 0 radical (unpaired) electrons. The van der Waals surface area contributed by atoms with E-state index in [9.17, 15) is 8.42 Å². The van der Waals surface area contributed by atoms with Crippen LogP contribution in [0.3, 0.4) is 0 Å². The van der Waals surface area contributed by atoms with Crippen molar-refractivity contribution >= 4 is 37.3 Å². The van der Waals surface area contributed by atoms with E-state index in [2.05, 4.69) is 15.9 Å². The van der Waals surface area contributed by atoms with Crippen LogP contribution in [0.4, 0.5) is 0 Å². The van der Waals surface area contributed by atoms with E-state index in [0.717, 1.165) is 17.7 Å². The highest BCUT2D eigenvalue weighted by Gasteiger charge is 2.39. The summed E-state index contributed by atoms with van der Waals surface area (Å²) in [6.45, 7) is 0.598. The first-order valence-corrected chi connectivity index (χ1v) is 9.60. The van der Waals surface area contributed by atoms with Crippen LogP contribution in [-0.2, 0) is 23.1 Å². The molecule has 0 atom stereocenters. The molecule has 2 N–H and O–H groups in total. The molecule has 0 unspecified atom stereocenters. The Morgan fingerprint density at radius 2 is 2.24 bits per heavy atom. The molecule has 1 aliphatic carbocycles. The quantitative estimate of drug-likeness (QED) is 0.822. The number of thiophene rings is 1. The Morgan fingerprint density at radius 1 is 1.48 bits per heavy atom. The summed E-state index contributed by atoms with van der Waals surface area (Å²) in [6.07, 6.45) is 3.34. The molecule has 0 amide bonds. The van der Waals surface area contributed by atoms with Crippen molar-refractivity contribution in [1.29, 1.82) is 0 Å². The van der Waals surface area contributed by atoms with Crippen molar-refractivity contribution in [2.45, 2.75) is 36.9 Å². The minimum absolute atomic E-state index is 0.0632. The van der Waals surface area contributed by atoms with E-state index in [0.29, 0.717) is 21.0 Å². The van der Waals surface area contributed by atoms with E-state index in [-0.39, 0.29) is 12.6 Å². The molecule has 0 spiro atoms. The molecular weight excluding hydrogens is 376 g/mol. The zero-order chi connectivity index (χ0) is 15.0. The number of hydrogen-bond acceptors (Lipinski definition) is 5. The van der Waals surface area contributed by atoms with Crippen LogP contribution in [0.1, 0.15) is 23.5 Å². The molecule has 21 heavy (non-hydrogen) atoms. The second kappa shape index (κ2) is 5.85. The summed E-state index contributed by atoms with van der Waals surface area (Å²) in [5.41, 5.74) is 5.60. The number of nitrogens with zero attached hydrogens (tertiary/aromatic N) is 1. The van der Waals surface area contributed by atoms with Crippen molar-refractivity contribution in [3.05, 3.63) is 38.9 Å². The van der Waals surface area contributed by atoms with Gasteiger partial charge in [0.05, 0.1) is 16.6 Å². The van der Waals surface area contributed by atoms with Gasteiger partial charge in [0.2, 0.25) is 10.0 Å². The third-order valence-corrected chi connectivity index (χ3v) is 7.51. The Kier molecular flexibility index (Phi) is 4.24. The molecule has 114 valence electrons. The summed E-state index contributed by atoms with van der Waals surface area (Å²) in [7, 11) is -3.55. The lowest BCUT2D eigenvalue weighted by atomic mass is 10.4. The van der Waals surface area contributed by atoms with Crippen LogP contribution in [-0.4, -0.2) is 18.8 Å². The summed E-state index contributed by atoms with van der Waals surface area (Å²) in [5, 5.41) is 0. The van der Waals surface area contributed by atoms with E-state index in [1.165, 1.54) is 15.6 Å². The van der Waals surface area contributed by atoms with Gasteiger partial charge in [-0.2, -0.15) is 4.31 Å². The fourth-order valence-electron chi connectivity index (χ4n) is 2.13. The lowest BCUT2D eigenvalue weighted by molar-refractivity contribution is 0.356. The van der Waals surface area contributed by atoms with Crippen LogP contribution in [0.5, 0.6) is 0 Å². The third kappa shape index (κ3) is 3.09. The second-order valence-corrected chi connectivity index (χ2v) is 9.23. The summed E-state index contributed by atoms with van der Waals surface area (Å²) in [4.78, 5) is 1.14. The fourth-order valence-corrected chi connectivity index (χ4v) is 6.29. The molecule has 5 nitrogen and oxygen atoms in total. The normalized spacial score (nSPS) is 15.8. The molecule has 8 heteroatoms. The molecular formula is C13H15BrN2O3S2. The lowest BCUT2D eigenvalue weighted by Gasteiger charge is -2.20. The third-order valence-electron chi connectivity index (χ3n) is 3.34. The second-order valence-electron chi connectivity index (χ2n) is 4.92. The zero-order valence-electron chi connectivity index (χ0n) is 11.2. The molecule has 0 aliphatic heterocycles. The maximum absolute atomic E-state index is 12.9. The van der Waals surface area contributed by atoms with Gasteiger partial charge in [0, 0.05) is 17.5 Å². The topological polar surface area (TPSA) is 76.5 Å². The van der Waals surface area contributed by atoms with Gasteiger partial charge in [-0.15, -0.1) is 11.3 Å². The Bertz CT molecular complexity index is 721. The molecule has 1 saturated carbocycles. The number of nitrogens with two attached hydrogens (primary N) is 1. The van der Waals surface area contributed by atoms with Crippen LogP contribution in [0.2, 0.25) is 0 Å². The molecule has 1 fully saturated rings. The molecule has 2 aromatic heterocycles. The van der Waals surface area contributed by atoms with Crippen molar-refractivity contribution in [2.24, 2.45) is 5.73 Å². The number of halogens is 1. The van der Waals surface area contributed by atoms with Gasteiger partial charge in [-0.3, -0.25) is 0 Å². The van der Waals surface area contributed by atoms with Crippen molar-refractivity contribution in [3.8, 4) is 0 Å². The average molecular weight is 391 g/mol. The molecule has 0 bridgehead atoms. The molecule has 0 aromatic carbocycles. The van der Waals surface area contributed by atoms with Crippen LogP contribution in [0, 0.1) is 0 Å². The fraction of sp³-hybridized carbons (Fsp3) is 0.385. The van der Waals surface area contributed by atoms with Crippen LogP contribution in [0.15, 0.2) is 37.6 Å². The van der Waals surface area contributed by atoms with Crippen LogP contribution in [0.25, 0.3) is 0 Å². The number of hydrogen-bond donors (Lipinski definition) is 1. The number of rotatable bonds is 6. The van der Waals surface area contributed by atoms with E-state index in [4.69, 9.17) is 10.2 Å². The first-order chi connectivity index (χ1) is 10.0. The SMILES string of the molecule is NCc1cc(S(=O)(=O)N(Cc2ccco2)C2CC2)c(Br)s1. The van der Waals surface area contributed by atoms with Crippen LogP contribution < -0.4 is 5.73 Å². The van der Waals surface area contributed by atoms with E-state index >= 15 is 0 Å². The maximum Gasteiger partial charge on any atom is 0.245 e. The predicted octanol–water partition coefficient (Wildman–Crippen LogP) is 2.92. The Morgan fingerprint density at radius 3 is 2.76 bits per heavy atom. The lowest BCUT2D eigenvalue weighted by Crippen LogP contribution is -2.32. The molecule has 1 aliphatic rings. The standard InChI is InChI=1S/C13H15BrN2O3S2/c14-13-12(6-11(7-15)20-13)21(17,18)16(9-3-4-9)8-10-2-1-5-19-10/h1-2,5-6,9H,3-4,7-8,15H2. The molecule has 0 saturated heterocycles. The highest BCUT2D eigenvalue weighted by atomic mass is 79.9. The Hall–Kier alpha value is -0.670. The highest BCUT2D eigenvalue weighted by molar-refractivity contribution is 9.11. The summed E-state index contributed by atoms with van der Waals surface area (Å²) >= 11 is 4.70. The van der Waals surface area contributed by atoms with Crippen molar-refractivity contribution in [1.82, 2.24) is 4.31 Å². The first-order valence-electron chi connectivity index (χ1n) is 6.55. The summed E-state index contributed by atoms with van der Waals surface area (Å²) < 4.78 is 33.2.